The minimum atomic E-state index is -0.754. The number of benzene rings is 2. The van der Waals surface area contributed by atoms with Gasteiger partial charge in [-0.1, -0.05) is 42.5 Å². The molecule has 2 N–H and O–H groups in total. The van der Waals surface area contributed by atoms with Crippen LogP contribution in [0.25, 0.3) is 11.1 Å². The predicted octanol–water partition coefficient (Wildman–Crippen LogP) is 4.21. The van der Waals surface area contributed by atoms with Gasteiger partial charge in [0.2, 0.25) is 0 Å². The maximum Gasteiger partial charge on any atom is 0.271 e. The Hall–Kier alpha value is -2.86. The van der Waals surface area contributed by atoms with Gasteiger partial charge in [-0.2, -0.15) is 0 Å². The Labute approximate surface area is 159 Å². The fourth-order valence-electron chi connectivity index (χ4n) is 2.40. The molecule has 2 aromatic carbocycles. The average molecular weight is 413 g/mol. The summed E-state index contributed by atoms with van der Waals surface area (Å²) in [6.07, 6.45) is 0.752. The third kappa shape index (κ3) is 4.40. The molecule has 5 nitrogen and oxygen atoms in total. The SMILES string of the molecule is CC(Oc1ccc(-c2ccccc2)cc1)C(=O)Nc1cc(Br)c[nH]c1=O. The molecule has 0 aliphatic rings. The van der Waals surface area contributed by atoms with Gasteiger partial charge in [-0.3, -0.25) is 9.59 Å². The highest BCUT2D eigenvalue weighted by Crippen LogP contribution is 2.22. The van der Waals surface area contributed by atoms with Crippen LogP contribution in [0.5, 0.6) is 5.75 Å². The lowest BCUT2D eigenvalue weighted by atomic mass is 10.1. The number of carbonyl (C=O) groups is 1. The Bertz CT molecular complexity index is 953. The van der Waals surface area contributed by atoms with Gasteiger partial charge >= 0.3 is 0 Å². The van der Waals surface area contributed by atoms with E-state index in [9.17, 15) is 9.59 Å². The maximum absolute atomic E-state index is 12.3. The largest absolute Gasteiger partial charge is 0.481 e. The number of hydrogen-bond donors (Lipinski definition) is 2. The smallest absolute Gasteiger partial charge is 0.271 e. The number of nitrogens with one attached hydrogen (secondary N) is 2. The number of amides is 1. The molecule has 3 aromatic rings. The molecule has 0 saturated heterocycles. The summed E-state index contributed by atoms with van der Waals surface area (Å²) in [6.45, 7) is 1.63. The highest BCUT2D eigenvalue weighted by Gasteiger charge is 2.16. The van der Waals surface area contributed by atoms with E-state index in [1.54, 1.807) is 6.92 Å². The van der Waals surface area contributed by atoms with Crippen LogP contribution in [0, 0.1) is 0 Å². The van der Waals surface area contributed by atoms with E-state index < -0.39 is 12.0 Å². The molecular weight excluding hydrogens is 396 g/mol. The zero-order valence-corrected chi connectivity index (χ0v) is 15.6. The minimum absolute atomic E-state index is 0.166. The van der Waals surface area contributed by atoms with E-state index in [0.29, 0.717) is 10.2 Å². The molecule has 1 amide bonds. The van der Waals surface area contributed by atoms with Gasteiger partial charge in [0.1, 0.15) is 11.4 Å². The van der Waals surface area contributed by atoms with E-state index in [1.807, 2.05) is 54.6 Å². The Morgan fingerprint density at radius 3 is 2.42 bits per heavy atom. The first-order chi connectivity index (χ1) is 12.5. The highest BCUT2D eigenvalue weighted by molar-refractivity contribution is 9.10. The number of halogens is 1. The number of aromatic amines is 1. The second-order valence-electron chi connectivity index (χ2n) is 5.70. The molecule has 0 spiro atoms. The molecular formula is C20H17BrN2O3. The van der Waals surface area contributed by atoms with Gasteiger partial charge < -0.3 is 15.0 Å². The fraction of sp³-hybridized carbons (Fsp3) is 0.100. The molecule has 1 aromatic heterocycles. The van der Waals surface area contributed by atoms with Crippen molar-refractivity contribution in [1.82, 2.24) is 4.98 Å². The number of aromatic nitrogens is 1. The van der Waals surface area contributed by atoms with E-state index in [2.05, 4.69) is 26.2 Å². The predicted molar refractivity (Wildman–Crippen MR) is 105 cm³/mol. The van der Waals surface area contributed by atoms with Crippen molar-refractivity contribution in [2.75, 3.05) is 5.32 Å². The molecule has 0 aliphatic heterocycles. The molecule has 1 atom stereocenters. The summed E-state index contributed by atoms with van der Waals surface area (Å²) in [5.74, 6) is 0.177. The zero-order chi connectivity index (χ0) is 18.5. The number of pyridine rings is 1. The fourth-order valence-corrected chi connectivity index (χ4v) is 2.74. The van der Waals surface area contributed by atoms with Crippen LogP contribution in [0.3, 0.4) is 0 Å². The van der Waals surface area contributed by atoms with Crippen LogP contribution < -0.4 is 15.6 Å². The van der Waals surface area contributed by atoms with Gasteiger partial charge in [-0.15, -0.1) is 0 Å². The molecule has 0 fully saturated rings. The first-order valence-electron chi connectivity index (χ1n) is 8.04. The number of anilines is 1. The first-order valence-corrected chi connectivity index (χ1v) is 8.83. The van der Waals surface area contributed by atoms with Crippen LogP contribution in [-0.2, 0) is 4.79 Å². The Morgan fingerprint density at radius 2 is 1.73 bits per heavy atom. The standard InChI is InChI=1S/C20H17BrN2O3/c1-13(19(24)23-18-11-16(21)12-22-20(18)25)26-17-9-7-15(8-10-17)14-5-3-2-4-6-14/h2-13H,1H3,(H,22,25)(H,23,24). The van der Waals surface area contributed by atoms with Crippen molar-refractivity contribution in [1.29, 1.82) is 0 Å². The normalized spacial score (nSPS) is 11.6. The molecule has 132 valence electrons. The Kier molecular flexibility index (Phi) is 5.53. The van der Waals surface area contributed by atoms with E-state index in [0.717, 1.165) is 11.1 Å². The van der Waals surface area contributed by atoms with Crippen molar-refractivity contribution in [3.05, 3.63) is 81.7 Å². The van der Waals surface area contributed by atoms with Crippen molar-refractivity contribution in [2.45, 2.75) is 13.0 Å². The van der Waals surface area contributed by atoms with Crippen molar-refractivity contribution in [3.63, 3.8) is 0 Å². The molecule has 1 heterocycles. The van der Waals surface area contributed by atoms with Gasteiger partial charge in [0.15, 0.2) is 6.10 Å². The molecule has 6 heteroatoms. The van der Waals surface area contributed by atoms with E-state index in [1.165, 1.54) is 12.3 Å². The summed E-state index contributed by atoms with van der Waals surface area (Å²) in [5, 5.41) is 2.57. The summed E-state index contributed by atoms with van der Waals surface area (Å²) in [4.78, 5) is 26.5. The van der Waals surface area contributed by atoms with E-state index >= 15 is 0 Å². The molecule has 3 rings (SSSR count). The molecule has 0 aliphatic carbocycles. The van der Waals surface area contributed by atoms with Gasteiger partial charge in [0.05, 0.1) is 0 Å². The van der Waals surface area contributed by atoms with Crippen LogP contribution in [0.2, 0.25) is 0 Å². The number of hydrogen-bond acceptors (Lipinski definition) is 3. The lowest BCUT2D eigenvalue weighted by Crippen LogP contribution is -2.32. The molecule has 0 radical (unpaired) electrons. The molecule has 1 unspecified atom stereocenters. The highest BCUT2D eigenvalue weighted by atomic mass is 79.9. The van der Waals surface area contributed by atoms with Crippen molar-refractivity contribution in [3.8, 4) is 16.9 Å². The second kappa shape index (κ2) is 8.01. The molecule has 0 saturated carbocycles. The number of ether oxygens (including phenoxy) is 1. The van der Waals surface area contributed by atoms with Gasteiger partial charge in [-0.05, 0) is 52.2 Å². The summed E-state index contributed by atoms with van der Waals surface area (Å²) in [7, 11) is 0. The van der Waals surface area contributed by atoms with Gasteiger partial charge in [-0.25, -0.2) is 0 Å². The van der Waals surface area contributed by atoms with Crippen LogP contribution in [-0.4, -0.2) is 17.0 Å². The second-order valence-corrected chi connectivity index (χ2v) is 6.62. The third-order valence-corrected chi connectivity index (χ3v) is 4.23. The summed E-state index contributed by atoms with van der Waals surface area (Å²) in [6, 6.07) is 19.0. The van der Waals surface area contributed by atoms with Crippen LogP contribution >= 0.6 is 15.9 Å². The number of carbonyl (C=O) groups excluding carboxylic acids is 1. The zero-order valence-electron chi connectivity index (χ0n) is 14.0. The number of rotatable bonds is 5. The quantitative estimate of drug-likeness (QED) is 0.659. The minimum Gasteiger partial charge on any atom is -0.481 e. The Morgan fingerprint density at radius 1 is 1.08 bits per heavy atom. The summed E-state index contributed by atoms with van der Waals surface area (Å²) < 4.78 is 6.34. The van der Waals surface area contributed by atoms with Crippen molar-refractivity contribution >= 4 is 27.5 Å². The van der Waals surface area contributed by atoms with Gasteiger partial charge in [0.25, 0.3) is 11.5 Å². The average Bonchev–Trinajstić information content (AvgIpc) is 2.66. The summed E-state index contributed by atoms with van der Waals surface area (Å²) >= 11 is 3.25. The molecule has 26 heavy (non-hydrogen) atoms. The number of H-pyrrole nitrogens is 1. The maximum atomic E-state index is 12.3. The molecule has 0 bridgehead atoms. The topological polar surface area (TPSA) is 71.2 Å². The van der Waals surface area contributed by atoms with Crippen molar-refractivity contribution in [2.24, 2.45) is 0 Å². The van der Waals surface area contributed by atoms with Gasteiger partial charge in [0, 0.05) is 10.7 Å². The van der Waals surface area contributed by atoms with Crippen LogP contribution in [0.1, 0.15) is 6.92 Å². The lowest BCUT2D eigenvalue weighted by Gasteiger charge is -2.15. The lowest BCUT2D eigenvalue weighted by molar-refractivity contribution is -0.122. The first kappa shape index (κ1) is 17.9. The summed E-state index contributed by atoms with van der Waals surface area (Å²) in [5.41, 5.74) is 1.97. The van der Waals surface area contributed by atoms with E-state index in [-0.39, 0.29) is 11.2 Å². The van der Waals surface area contributed by atoms with Crippen molar-refractivity contribution < 1.29 is 9.53 Å². The third-order valence-electron chi connectivity index (χ3n) is 3.77. The Balaban J connectivity index is 1.65. The van der Waals surface area contributed by atoms with E-state index in [4.69, 9.17) is 4.74 Å². The monoisotopic (exact) mass is 412 g/mol. The van der Waals surface area contributed by atoms with Crippen LogP contribution in [0.15, 0.2) is 76.1 Å². The van der Waals surface area contributed by atoms with Crippen LogP contribution in [0.4, 0.5) is 5.69 Å².